The van der Waals surface area contributed by atoms with Crippen LogP contribution in [0.4, 0.5) is 18.9 Å². The highest BCUT2D eigenvalue weighted by atomic mass is 19.3. The first-order chi connectivity index (χ1) is 23.4. The van der Waals surface area contributed by atoms with E-state index >= 15 is 13.2 Å². The zero-order chi connectivity index (χ0) is 35.3. The molecule has 11 nitrogen and oxygen atoms in total. The molecule has 2 aromatic rings. The normalized spacial score (nSPS) is 18.7. The number of piperazine rings is 1. The van der Waals surface area contributed by atoms with Gasteiger partial charge in [-0.15, -0.1) is 0 Å². The number of fused-ring (bicyclic) bond motifs is 1. The van der Waals surface area contributed by atoms with Gasteiger partial charge in [-0.25, -0.2) is 4.39 Å². The minimum absolute atomic E-state index is 0.0857. The number of nitrogens with one attached hydrogen (secondary N) is 3. The van der Waals surface area contributed by atoms with E-state index in [-0.39, 0.29) is 42.2 Å². The maximum absolute atomic E-state index is 15.6. The van der Waals surface area contributed by atoms with Crippen LogP contribution in [0.25, 0.3) is 0 Å². The molecule has 5 rings (SSSR count). The Labute approximate surface area is 283 Å². The van der Waals surface area contributed by atoms with Crippen LogP contribution < -0.4 is 25.4 Å². The molecule has 0 aromatic heterocycles. The van der Waals surface area contributed by atoms with Gasteiger partial charge in [0.05, 0.1) is 5.69 Å². The summed E-state index contributed by atoms with van der Waals surface area (Å²) in [7, 11) is 1.96. The van der Waals surface area contributed by atoms with Crippen molar-refractivity contribution in [3.63, 3.8) is 0 Å². The molecule has 14 heteroatoms. The van der Waals surface area contributed by atoms with Gasteiger partial charge in [0.15, 0.2) is 11.5 Å². The molecule has 3 atom stereocenters. The Morgan fingerprint density at radius 2 is 1.63 bits per heavy atom. The Hall–Kier alpha value is -4.33. The van der Waals surface area contributed by atoms with Crippen molar-refractivity contribution in [1.29, 1.82) is 0 Å². The molecular formula is C35H44F3N5O6. The summed E-state index contributed by atoms with van der Waals surface area (Å²) in [5, 5.41) is 7.55. The number of amides is 4. The molecule has 0 spiro atoms. The highest BCUT2D eigenvalue weighted by Gasteiger charge is 2.45. The summed E-state index contributed by atoms with van der Waals surface area (Å²) in [6.07, 6.45) is 3.65. The van der Waals surface area contributed by atoms with Crippen molar-refractivity contribution in [3.8, 4) is 11.5 Å². The van der Waals surface area contributed by atoms with Crippen LogP contribution in [0.5, 0.6) is 11.5 Å². The van der Waals surface area contributed by atoms with Crippen LogP contribution in [0.1, 0.15) is 69.4 Å². The van der Waals surface area contributed by atoms with E-state index in [0.717, 1.165) is 31.4 Å². The van der Waals surface area contributed by atoms with Crippen molar-refractivity contribution in [2.45, 2.75) is 76.3 Å². The van der Waals surface area contributed by atoms with Crippen LogP contribution in [-0.2, 0) is 25.1 Å². The maximum Gasteiger partial charge on any atom is 0.349 e. The van der Waals surface area contributed by atoms with Crippen molar-refractivity contribution in [2.24, 2.45) is 5.92 Å². The Morgan fingerprint density at radius 1 is 0.939 bits per heavy atom. The monoisotopic (exact) mass is 687 g/mol. The molecule has 0 radical (unpaired) electrons. The summed E-state index contributed by atoms with van der Waals surface area (Å²) >= 11 is 0. The van der Waals surface area contributed by atoms with Gasteiger partial charge in [0.1, 0.15) is 17.9 Å². The Kier molecular flexibility index (Phi) is 11.4. The van der Waals surface area contributed by atoms with Gasteiger partial charge in [-0.2, -0.15) is 8.78 Å². The average Bonchev–Trinajstić information content (AvgIpc) is 3.58. The fourth-order valence-corrected chi connectivity index (χ4v) is 6.54. The number of carbonyl (C=O) groups excluding carboxylic acids is 4. The number of ether oxygens (including phenoxy) is 2. The molecule has 2 aromatic carbocycles. The predicted octanol–water partition coefficient (Wildman–Crippen LogP) is 4.12. The van der Waals surface area contributed by atoms with E-state index in [9.17, 15) is 19.2 Å². The molecule has 266 valence electrons. The third kappa shape index (κ3) is 8.28. The topological polar surface area (TPSA) is 129 Å². The second-order valence-corrected chi connectivity index (χ2v) is 13.0. The lowest BCUT2D eigenvalue weighted by Crippen LogP contribution is -2.55. The molecule has 1 saturated carbocycles. The standard InChI is InChI=1S/C35H44F3N5O6/c1-4-29(44)40-30(33(46)43-16-14-42(3)15-17-43)21(2)23-10-12-26(25(36)18-23)39-32(45)31(22-8-6-5-7-9-22)41-34(47)35(37,38)24-11-13-27-28(19-24)49-20-48-27/h10-13,18-19,21-22,30-31H,4-9,14-17,20H2,1-3H3,(H,39,45)(H,40,44)(H,41,47). The number of nitrogens with zero attached hydrogens (tertiary/aromatic N) is 2. The summed E-state index contributed by atoms with van der Waals surface area (Å²) < 4.78 is 56.8. The zero-order valence-electron chi connectivity index (χ0n) is 28.0. The predicted molar refractivity (Wildman–Crippen MR) is 175 cm³/mol. The van der Waals surface area contributed by atoms with E-state index in [4.69, 9.17) is 9.47 Å². The summed E-state index contributed by atoms with van der Waals surface area (Å²) in [6.45, 7) is 5.66. The lowest BCUT2D eigenvalue weighted by molar-refractivity contribution is -0.149. The molecule has 49 heavy (non-hydrogen) atoms. The maximum atomic E-state index is 15.6. The number of rotatable bonds is 11. The number of benzene rings is 2. The van der Waals surface area contributed by atoms with Crippen LogP contribution in [0, 0.1) is 11.7 Å². The summed E-state index contributed by atoms with van der Waals surface area (Å²) in [5.41, 5.74) is -0.412. The molecule has 3 N–H and O–H groups in total. The van der Waals surface area contributed by atoms with Crippen LogP contribution in [0.3, 0.4) is 0 Å². The second-order valence-electron chi connectivity index (χ2n) is 13.0. The number of likely N-dealkylation sites (N-methyl/N-ethyl adjacent to an activating group) is 1. The second kappa shape index (κ2) is 15.5. The quantitative estimate of drug-likeness (QED) is 0.324. The smallest absolute Gasteiger partial charge is 0.349 e. The molecule has 3 unspecified atom stereocenters. The molecule has 3 aliphatic rings. The molecule has 1 aliphatic carbocycles. The number of carbonyl (C=O) groups is 4. The van der Waals surface area contributed by atoms with E-state index in [0.29, 0.717) is 44.6 Å². The van der Waals surface area contributed by atoms with Gasteiger partial charge in [0, 0.05) is 44.1 Å². The van der Waals surface area contributed by atoms with Crippen LogP contribution in [0.15, 0.2) is 36.4 Å². The highest BCUT2D eigenvalue weighted by Crippen LogP contribution is 2.38. The van der Waals surface area contributed by atoms with Crippen molar-refractivity contribution in [2.75, 3.05) is 45.3 Å². The minimum atomic E-state index is -4.00. The van der Waals surface area contributed by atoms with E-state index < -0.39 is 53.0 Å². The van der Waals surface area contributed by atoms with Gasteiger partial charge in [-0.3, -0.25) is 19.2 Å². The Bertz CT molecular complexity index is 1540. The van der Waals surface area contributed by atoms with Crippen LogP contribution in [-0.4, -0.2) is 85.5 Å². The Balaban J connectivity index is 1.32. The molecule has 0 bridgehead atoms. The van der Waals surface area contributed by atoms with E-state index in [2.05, 4.69) is 20.9 Å². The van der Waals surface area contributed by atoms with Gasteiger partial charge < -0.3 is 35.2 Å². The lowest BCUT2D eigenvalue weighted by Gasteiger charge is -2.36. The number of alkyl halides is 2. The van der Waals surface area contributed by atoms with E-state index in [1.165, 1.54) is 18.2 Å². The highest BCUT2D eigenvalue weighted by molar-refractivity contribution is 5.98. The molecule has 1 saturated heterocycles. The molecule has 4 amide bonds. The summed E-state index contributed by atoms with van der Waals surface area (Å²) in [5.74, 6) is -8.55. The third-order valence-corrected chi connectivity index (χ3v) is 9.71. The van der Waals surface area contributed by atoms with Crippen molar-refractivity contribution in [3.05, 3.63) is 53.3 Å². The molecule has 2 fully saturated rings. The lowest BCUT2D eigenvalue weighted by atomic mass is 9.83. The number of hydrogen-bond donors (Lipinski definition) is 3. The van der Waals surface area contributed by atoms with E-state index in [1.54, 1.807) is 24.8 Å². The van der Waals surface area contributed by atoms with Crippen LogP contribution >= 0.6 is 0 Å². The summed E-state index contributed by atoms with van der Waals surface area (Å²) in [6, 6.07) is 5.18. The van der Waals surface area contributed by atoms with Crippen molar-refractivity contribution >= 4 is 29.3 Å². The van der Waals surface area contributed by atoms with Crippen LogP contribution in [0.2, 0.25) is 0 Å². The number of halogens is 3. The largest absolute Gasteiger partial charge is 0.454 e. The van der Waals surface area contributed by atoms with Crippen molar-refractivity contribution < 1.29 is 41.8 Å². The minimum Gasteiger partial charge on any atom is -0.454 e. The fourth-order valence-electron chi connectivity index (χ4n) is 6.54. The Morgan fingerprint density at radius 3 is 2.31 bits per heavy atom. The number of hydrogen-bond acceptors (Lipinski definition) is 7. The third-order valence-electron chi connectivity index (χ3n) is 9.71. The van der Waals surface area contributed by atoms with Gasteiger partial charge in [-0.1, -0.05) is 39.2 Å². The number of anilines is 1. The average molecular weight is 688 g/mol. The van der Waals surface area contributed by atoms with Gasteiger partial charge in [0.25, 0.3) is 5.91 Å². The molecular weight excluding hydrogens is 643 g/mol. The zero-order valence-corrected chi connectivity index (χ0v) is 28.0. The van der Waals surface area contributed by atoms with Gasteiger partial charge in [-0.05, 0) is 61.7 Å². The van der Waals surface area contributed by atoms with Gasteiger partial charge in [0.2, 0.25) is 24.5 Å². The van der Waals surface area contributed by atoms with Crippen molar-refractivity contribution in [1.82, 2.24) is 20.4 Å². The first kappa shape index (κ1) is 36.0. The first-order valence-corrected chi connectivity index (χ1v) is 16.8. The summed E-state index contributed by atoms with van der Waals surface area (Å²) in [4.78, 5) is 56.4. The van der Waals surface area contributed by atoms with Gasteiger partial charge >= 0.3 is 5.92 Å². The SMILES string of the molecule is CCC(=O)NC(C(=O)N1CCN(C)CC1)C(C)c1ccc(NC(=O)C(NC(=O)C(F)(F)c2ccc3c(c2)OCO3)C2CCCCC2)c(F)c1. The molecule has 2 aliphatic heterocycles. The molecule has 2 heterocycles. The fraction of sp³-hybridized carbons (Fsp3) is 0.543. The first-order valence-electron chi connectivity index (χ1n) is 16.8. The van der Waals surface area contributed by atoms with E-state index in [1.807, 2.05) is 7.05 Å².